The highest BCUT2D eigenvalue weighted by Gasteiger charge is 2.17. The average molecular weight is 283 g/mol. The predicted molar refractivity (Wildman–Crippen MR) is 83.5 cm³/mol. The zero-order chi connectivity index (χ0) is 14.8. The number of nitrogens with zero attached hydrogens (tertiary/aromatic N) is 2. The van der Waals surface area contributed by atoms with Crippen molar-refractivity contribution < 1.29 is 4.74 Å². The molecule has 1 N–H and O–H groups in total. The summed E-state index contributed by atoms with van der Waals surface area (Å²) in [5.41, 5.74) is 5.83. The molecule has 1 aliphatic rings. The molecular weight excluding hydrogens is 262 g/mol. The lowest BCUT2D eigenvalue weighted by Crippen LogP contribution is -2.26. The highest BCUT2D eigenvalue weighted by atomic mass is 16.5. The minimum absolute atomic E-state index is 0.819. The van der Waals surface area contributed by atoms with Crippen molar-refractivity contribution in [2.24, 2.45) is 0 Å². The van der Waals surface area contributed by atoms with Crippen LogP contribution in [-0.2, 0) is 19.4 Å². The zero-order valence-corrected chi connectivity index (χ0v) is 12.9. The standard InChI is InChI=1S/C17H21N3O/c1-4-14-13-7-8-18-10-15(13)20-17(19-14)12-5-6-16(21-3)11(2)9-12/h5-6,9,18H,4,7-8,10H2,1-3H3. The number of rotatable bonds is 3. The molecule has 0 fully saturated rings. The highest BCUT2D eigenvalue weighted by molar-refractivity contribution is 5.59. The average Bonchev–Trinajstić information content (AvgIpc) is 2.53. The topological polar surface area (TPSA) is 47.0 Å². The number of hydrogen-bond acceptors (Lipinski definition) is 4. The Morgan fingerprint density at radius 3 is 2.86 bits per heavy atom. The number of benzene rings is 1. The fraction of sp³-hybridized carbons (Fsp3) is 0.412. The van der Waals surface area contributed by atoms with E-state index in [9.17, 15) is 0 Å². The molecule has 0 atom stereocenters. The number of nitrogens with one attached hydrogen (secondary N) is 1. The smallest absolute Gasteiger partial charge is 0.159 e. The van der Waals surface area contributed by atoms with Gasteiger partial charge in [0.2, 0.25) is 0 Å². The van der Waals surface area contributed by atoms with Gasteiger partial charge >= 0.3 is 0 Å². The maximum absolute atomic E-state index is 5.32. The van der Waals surface area contributed by atoms with Crippen LogP contribution in [0.4, 0.5) is 0 Å². The van der Waals surface area contributed by atoms with Crippen molar-refractivity contribution in [1.82, 2.24) is 15.3 Å². The van der Waals surface area contributed by atoms with Crippen LogP contribution in [0, 0.1) is 6.92 Å². The Morgan fingerprint density at radius 1 is 1.29 bits per heavy atom. The molecule has 0 bridgehead atoms. The Kier molecular flexibility index (Phi) is 3.88. The molecule has 1 aromatic heterocycles. The van der Waals surface area contributed by atoms with E-state index < -0.39 is 0 Å². The van der Waals surface area contributed by atoms with Crippen LogP contribution in [0.3, 0.4) is 0 Å². The summed E-state index contributed by atoms with van der Waals surface area (Å²) in [6, 6.07) is 6.11. The van der Waals surface area contributed by atoms with Gasteiger partial charge in [0.15, 0.2) is 5.82 Å². The minimum atomic E-state index is 0.819. The van der Waals surface area contributed by atoms with E-state index >= 15 is 0 Å². The number of aryl methyl sites for hydroxylation is 2. The zero-order valence-electron chi connectivity index (χ0n) is 12.9. The first kappa shape index (κ1) is 14.0. The second-order valence-corrected chi connectivity index (χ2v) is 5.38. The molecule has 4 heteroatoms. The highest BCUT2D eigenvalue weighted by Crippen LogP contribution is 2.26. The summed E-state index contributed by atoms with van der Waals surface area (Å²) in [7, 11) is 1.69. The minimum Gasteiger partial charge on any atom is -0.496 e. The number of hydrogen-bond donors (Lipinski definition) is 1. The van der Waals surface area contributed by atoms with Crippen LogP contribution in [0.15, 0.2) is 18.2 Å². The van der Waals surface area contributed by atoms with Crippen molar-refractivity contribution in [1.29, 1.82) is 0 Å². The van der Waals surface area contributed by atoms with Gasteiger partial charge in [-0.3, -0.25) is 0 Å². The summed E-state index contributed by atoms with van der Waals surface area (Å²) >= 11 is 0. The Labute approximate surface area is 125 Å². The quantitative estimate of drug-likeness (QED) is 0.941. The molecule has 1 aromatic carbocycles. The molecule has 21 heavy (non-hydrogen) atoms. The van der Waals surface area contributed by atoms with Crippen LogP contribution in [0.2, 0.25) is 0 Å². The predicted octanol–water partition coefficient (Wildman–Crippen LogP) is 2.67. The SMILES string of the molecule is CCc1nc(-c2ccc(OC)c(C)c2)nc2c1CCNC2. The monoisotopic (exact) mass is 283 g/mol. The van der Waals surface area contributed by atoms with Crippen LogP contribution in [0.5, 0.6) is 5.75 Å². The van der Waals surface area contributed by atoms with E-state index in [1.807, 2.05) is 19.1 Å². The summed E-state index contributed by atoms with van der Waals surface area (Å²) in [5, 5.41) is 3.39. The van der Waals surface area contributed by atoms with Crippen molar-refractivity contribution in [3.63, 3.8) is 0 Å². The van der Waals surface area contributed by atoms with Gasteiger partial charge in [0, 0.05) is 17.8 Å². The second kappa shape index (κ2) is 5.82. The van der Waals surface area contributed by atoms with E-state index in [1.165, 1.54) is 11.3 Å². The molecule has 0 aliphatic carbocycles. The third-order valence-electron chi connectivity index (χ3n) is 4.01. The van der Waals surface area contributed by atoms with Crippen LogP contribution in [0.1, 0.15) is 29.4 Å². The van der Waals surface area contributed by atoms with E-state index in [-0.39, 0.29) is 0 Å². The lowest BCUT2D eigenvalue weighted by molar-refractivity contribution is 0.412. The molecule has 1 aliphatic heterocycles. The van der Waals surface area contributed by atoms with E-state index in [0.29, 0.717) is 0 Å². The van der Waals surface area contributed by atoms with Crippen molar-refractivity contribution in [2.45, 2.75) is 33.2 Å². The third-order valence-corrected chi connectivity index (χ3v) is 4.01. The van der Waals surface area contributed by atoms with Gasteiger partial charge in [0.05, 0.1) is 12.8 Å². The third kappa shape index (κ3) is 2.63. The van der Waals surface area contributed by atoms with Gasteiger partial charge < -0.3 is 10.1 Å². The van der Waals surface area contributed by atoms with Crippen LogP contribution in [-0.4, -0.2) is 23.6 Å². The van der Waals surface area contributed by atoms with Gasteiger partial charge in [-0.1, -0.05) is 6.92 Å². The van der Waals surface area contributed by atoms with Crippen molar-refractivity contribution in [2.75, 3.05) is 13.7 Å². The summed E-state index contributed by atoms with van der Waals surface area (Å²) < 4.78 is 5.32. The van der Waals surface area contributed by atoms with Gasteiger partial charge in [-0.2, -0.15) is 0 Å². The van der Waals surface area contributed by atoms with Crippen LogP contribution >= 0.6 is 0 Å². The van der Waals surface area contributed by atoms with E-state index in [4.69, 9.17) is 14.7 Å². The molecule has 0 spiro atoms. The normalized spacial score (nSPS) is 13.9. The number of aromatic nitrogens is 2. The molecular formula is C17H21N3O. The number of methoxy groups -OCH3 is 1. The largest absolute Gasteiger partial charge is 0.496 e. The Bertz CT molecular complexity index is 650. The molecule has 0 unspecified atom stereocenters. The first-order valence-corrected chi connectivity index (χ1v) is 7.47. The van der Waals surface area contributed by atoms with Gasteiger partial charge in [0.25, 0.3) is 0 Å². The summed E-state index contributed by atoms with van der Waals surface area (Å²) in [5.74, 6) is 1.72. The molecule has 2 heterocycles. The fourth-order valence-electron chi connectivity index (χ4n) is 2.88. The van der Waals surface area contributed by atoms with E-state index in [0.717, 1.165) is 54.3 Å². The fourth-order valence-corrected chi connectivity index (χ4v) is 2.88. The van der Waals surface area contributed by atoms with Crippen molar-refractivity contribution in [3.8, 4) is 17.1 Å². The lowest BCUT2D eigenvalue weighted by Gasteiger charge is -2.19. The Morgan fingerprint density at radius 2 is 2.14 bits per heavy atom. The van der Waals surface area contributed by atoms with Gasteiger partial charge in [-0.05, 0) is 55.6 Å². The summed E-state index contributed by atoms with van der Waals surface area (Å²) in [4.78, 5) is 9.57. The summed E-state index contributed by atoms with van der Waals surface area (Å²) in [6.45, 7) is 6.06. The molecule has 0 saturated carbocycles. The first-order valence-electron chi connectivity index (χ1n) is 7.47. The number of ether oxygens (including phenoxy) is 1. The van der Waals surface area contributed by atoms with Gasteiger partial charge in [0.1, 0.15) is 5.75 Å². The second-order valence-electron chi connectivity index (χ2n) is 5.38. The maximum atomic E-state index is 5.32. The van der Waals surface area contributed by atoms with Crippen molar-refractivity contribution >= 4 is 0 Å². The van der Waals surface area contributed by atoms with Crippen LogP contribution < -0.4 is 10.1 Å². The Hall–Kier alpha value is -1.94. The molecule has 0 saturated heterocycles. The Balaban J connectivity index is 2.08. The molecule has 110 valence electrons. The maximum Gasteiger partial charge on any atom is 0.159 e. The molecule has 0 amide bonds. The molecule has 0 radical (unpaired) electrons. The summed E-state index contributed by atoms with van der Waals surface area (Å²) in [6.07, 6.45) is 1.98. The molecule has 2 aromatic rings. The van der Waals surface area contributed by atoms with Crippen molar-refractivity contribution in [3.05, 3.63) is 40.7 Å². The van der Waals surface area contributed by atoms with Crippen LogP contribution in [0.25, 0.3) is 11.4 Å². The van der Waals surface area contributed by atoms with Gasteiger partial charge in [-0.25, -0.2) is 9.97 Å². The number of fused-ring (bicyclic) bond motifs is 1. The van der Waals surface area contributed by atoms with E-state index in [2.05, 4.69) is 18.3 Å². The molecule has 4 nitrogen and oxygen atoms in total. The van der Waals surface area contributed by atoms with E-state index in [1.54, 1.807) is 7.11 Å². The lowest BCUT2D eigenvalue weighted by atomic mass is 10.0. The first-order chi connectivity index (χ1) is 10.2. The molecule has 3 rings (SSSR count). The van der Waals surface area contributed by atoms with Gasteiger partial charge in [-0.15, -0.1) is 0 Å².